The second-order valence-corrected chi connectivity index (χ2v) is 6.87. The molecule has 4 nitrogen and oxygen atoms in total. The first kappa shape index (κ1) is 17.3. The maximum absolute atomic E-state index is 12.6. The average Bonchev–Trinajstić information content (AvgIpc) is 2.96. The van der Waals surface area contributed by atoms with E-state index in [-0.39, 0.29) is 11.1 Å². The monoisotopic (exact) mass is 353 g/mol. The number of para-hydroxylation sites is 2. The van der Waals surface area contributed by atoms with Crippen LogP contribution in [0.5, 0.6) is 0 Å². The lowest BCUT2D eigenvalue weighted by Crippen LogP contribution is -2.12. The molecule has 0 aliphatic carbocycles. The number of aryl methyl sites for hydroxylation is 1. The molecule has 2 aromatic carbocycles. The van der Waals surface area contributed by atoms with Crippen LogP contribution < -0.4 is 0 Å². The molecule has 0 spiro atoms. The molecule has 0 N–H and O–H groups in total. The van der Waals surface area contributed by atoms with Crippen LogP contribution in [0.1, 0.15) is 23.0 Å². The minimum absolute atomic E-state index is 0.0754. The molecule has 1 aromatic heterocycles. The van der Waals surface area contributed by atoms with E-state index in [4.69, 9.17) is 4.74 Å². The number of thioether (sulfide) groups is 1. The molecule has 0 unspecified atom stereocenters. The summed E-state index contributed by atoms with van der Waals surface area (Å²) in [6.07, 6.45) is 0.620. The normalized spacial score (nSPS) is 10.8. The van der Waals surface area contributed by atoms with Gasteiger partial charge in [-0.3, -0.25) is 4.79 Å². The Hall–Kier alpha value is -2.53. The summed E-state index contributed by atoms with van der Waals surface area (Å²) in [6, 6.07) is 17.7. The summed E-state index contributed by atoms with van der Waals surface area (Å²) in [5, 5.41) is 1.09. The van der Waals surface area contributed by atoms with E-state index in [2.05, 4.69) is 0 Å². The van der Waals surface area contributed by atoms with Gasteiger partial charge in [0.2, 0.25) is 0 Å². The van der Waals surface area contributed by atoms with Crippen LogP contribution >= 0.6 is 11.8 Å². The maximum Gasteiger partial charge on any atom is 0.355 e. The standard InChI is InChI=1S/C20H19NO3S/c1-14(22)25-13-12-17-16-10-6-7-11-18(16)21(19(17)20(23)24-2)15-8-4-3-5-9-15/h3-11H,12-13H2,1-2H3. The van der Waals surface area contributed by atoms with Gasteiger partial charge >= 0.3 is 5.97 Å². The molecular formula is C20H19NO3S. The second-order valence-electron chi connectivity index (χ2n) is 5.60. The van der Waals surface area contributed by atoms with E-state index in [1.807, 2.05) is 59.2 Å². The molecule has 1 heterocycles. The van der Waals surface area contributed by atoms with Crippen molar-refractivity contribution in [1.29, 1.82) is 0 Å². The molecule has 0 atom stereocenters. The minimum atomic E-state index is -0.372. The molecular weight excluding hydrogens is 334 g/mol. The number of fused-ring (bicyclic) bond motifs is 1. The number of aromatic nitrogens is 1. The maximum atomic E-state index is 12.6. The third-order valence-corrected chi connectivity index (χ3v) is 4.84. The van der Waals surface area contributed by atoms with Gasteiger partial charge in [-0.05, 0) is 30.2 Å². The number of carbonyl (C=O) groups excluding carboxylic acids is 2. The van der Waals surface area contributed by atoms with E-state index in [1.54, 1.807) is 6.92 Å². The lowest BCUT2D eigenvalue weighted by molar-refractivity contribution is -0.109. The van der Waals surface area contributed by atoms with E-state index < -0.39 is 0 Å². The van der Waals surface area contributed by atoms with Gasteiger partial charge in [-0.2, -0.15) is 0 Å². The number of esters is 1. The molecule has 3 rings (SSSR count). The smallest absolute Gasteiger partial charge is 0.355 e. The predicted octanol–water partition coefficient (Wildman–Crippen LogP) is 4.24. The number of rotatable bonds is 5. The van der Waals surface area contributed by atoms with Gasteiger partial charge in [0.05, 0.1) is 12.6 Å². The number of nitrogens with zero attached hydrogens (tertiary/aromatic N) is 1. The molecule has 0 aliphatic heterocycles. The quantitative estimate of drug-likeness (QED) is 0.644. The van der Waals surface area contributed by atoms with Gasteiger partial charge in [-0.1, -0.05) is 48.2 Å². The highest BCUT2D eigenvalue weighted by Gasteiger charge is 2.24. The SMILES string of the molecule is COC(=O)c1c(CCSC(C)=O)c2ccccc2n1-c1ccccc1. The highest BCUT2D eigenvalue weighted by Crippen LogP contribution is 2.31. The molecule has 128 valence electrons. The number of carbonyl (C=O) groups is 2. The van der Waals surface area contributed by atoms with E-state index >= 15 is 0 Å². The molecule has 0 fully saturated rings. The first-order chi connectivity index (χ1) is 12.1. The highest BCUT2D eigenvalue weighted by molar-refractivity contribution is 8.13. The van der Waals surface area contributed by atoms with Crippen LogP contribution in [0, 0.1) is 0 Å². The molecule has 0 radical (unpaired) electrons. The number of ether oxygens (including phenoxy) is 1. The van der Waals surface area contributed by atoms with Crippen LogP contribution in [0.25, 0.3) is 16.6 Å². The topological polar surface area (TPSA) is 48.3 Å². The largest absolute Gasteiger partial charge is 0.464 e. The summed E-state index contributed by atoms with van der Waals surface area (Å²) >= 11 is 1.27. The Labute approximate surface area is 150 Å². The lowest BCUT2D eigenvalue weighted by Gasteiger charge is -2.10. The van der Waals surface area contributed by atoms with Crippen molar-refractivity contribution in [3.05, 3.63) is 65.9 Å². The van der Waals surface area contributed by atoms with Gasteiger partial charge in [0.1, 0.15) is 5.69 Å². The molecule has 3 aromatic rings. The van der Waals surface area contributed by atoms with E-state index in [1.165, 1.54) is 18.9 Å². The van der Waals surface area contributed by atoms with Crippen molar-refractivity contribution >= 4 is 33.7 Å². The lowest BCUT2D eigenvalue weighted by atomic mass is 10.1. The first-order valence-corrected chi connectivity index (χ1v) is 9.01. The Morgan fingerprint density at radius 3 is 2.40 bits per heavy atom. The Kier molecular flexibility index (Phi) is 5.24. The Bertz CT molecular complexity index is 915. The zero-order valence-corrected chi connectivity index (χ0v) is 15.0. The van der Waals surface area contributed by atoms with Gasteiger partial charge in [0.25, 0.3) is 0 Å². The average molecular weight is 353 g/mol. The fourth-order valence-electron chi connectivity index (χ4n) is 3.01. The summed E-state index contributed by atoms with van der Waals surface area (Å²) in [5.41, 5.74) is 3.31. The first-order valence-electron chi connectivity index (χ1n) is 8.03. The molecule has 0 amide bonds. The molecule has 25 heavy (non-hydrogen) atoms. The van der Waals surface area contributed by atoms with Crippen LogP contribution in [0.15, 0.2) is 54.6 Å². The minimum Gasteiger partial charge on any atom is -0.464 e. The van der Waals surface area contributed by atoms with Crippen molar-refractivity contribution in [3.8, 4) is 5.69 Å². The Balaban J connectivity index is 2.23. The number of hydrogen-bond donors (Lipinski definition) is 0. The van der Waals surface area contributed by atoms with Gasteiger partial charge in [0.15, 0.2) is 5.12 Å². The predicted molar refractivity (Wildman–Crippen MR) is 101 cm³/mol. The van der Waals surface area contributed by atoms with Crippen LogP contribution in [-0.4, -0.2) is 28.5 Å². The zero-order valence-electron chi connectivity index (χ0n) is 14.2. The van der Waals surface area contributed by atoms with Crippen molar-refractivity contribution in [3.63, 3.8) is 0 Å². The second kappa shape index (κ2) is 7.57. The van der Waals surface area contributed by atoms with Gasteiger partial charge in [-0.25, -0.2) is 4.79 Å². The summed E-state index contributed by atoms with van der Waals surface area (Å²) in [4.78, 5) is 23.8. The molecule has 0 bridgehead atoms. The van der Waals surface area contributed by atoms with Crippen molar-refractivity contribution in [2.24, 2.45) is 0 Å². The van der Waals surface area contributed by atoms with Crippen LogP contribution in [-0.2, 0) is 16.0 Å². The molecule has 0 saturated carbocycles. The van der Waals surface area contributed by atoms with Gasteiger partial charge in [0, 0.05) is 23.8 Å². The van der Waals surface area contributed by atoms with Crippen molar-refractivity contribution in [2.75, 3.05) is 12.9 Å². The fourth-order valence-corrected chi connectivity index (χ4v) is 3.61. The molecule has 5 heteroatoms. The van der Waals surface area contributed by atoms with E-state index in [9.17, 15) is 9.59 Å². The van der Waals surface area contributed by atoms with Gasteiger partial charge < -0.3 is 9.30 Å². The van der Waals surface area contributed by atoms with Crippen LogP contribution in [0.4, 0.5) is 0 Å². The highest BCUT2D eigenvalue weighted by atomic mass is 32.2. The van der Waals surface area contributed by atoms with E-state index in [0.717, 1.165) is 22.2 Å². The number of benzene rings is 2. The Morgan fingerprint density at radius 1 is 1.04 bits per heavy atom. The number of hydrogen-bond acceptors (Lipinski definition) is 4. The van der Waals surface area contributed by atoms with Crippen molar-refractivity contribution in [1.82, 2.24) is 4.57 Å². The molecule has 0 aliphatic rings. The Morgan fingerprint density at radius 2 is 1.72 bits per heavy atom. The zero-order chi connectivity index (χ0) is 17.8. The van der Waals surface area contributed by atoms with Crippen LogP contribution in [0.3, 0.4) is 0 Å². The van der Waals surface area contributed by atoms with Gasteiger partial charge in [-0.15, -0.1) is 0 Å². The van der Waals surface area contributed by atoms with Crippen molar-refractivity contribution in [2.45, 2.75) is 13.3 Å². The summed E-state index contributed by atoms with van der Waals surface area (Å²) in [5.74, 6) is 0.255. The molecule has 0 saturated heterocycles. The fraction of sp³-hybridized carbons (Fsp3) is 0.200. The van der Waals surface area contributed by atoms with Crippen LogP contribution in [0.2, 0.25) is 0 Å². The third kappa shape index (κ3) is 3.46. The summed E-state index contributed by atoms with van der Waals surface area (Å²) in [6.45, 7) is 1.55. The number of methoxy groups -OCH3 is 1. The third-order valence-electron chi connectivity index (χ3n) is 4.03. The summed E-state index contributed by atoms with van der Waals surface area (Å²) < 4.78 is 7.00. The van der Waals surface area contributed by atoms with Crippen molar-refractivity contribution < 1.29 is 14.3 Å². The van der Waals surface area contributed by atoms with E-state index in [0.29, 0.717) is 17.9 Å². The summed E-state index contributed by atoms with van der Waals surface area (Å²) in [7, 11) is 1.39.